The maximum absolute atomic E-state index is 11.8. The Hall–Kier alpha value is -1.98. The van der Waals surface area contributed by atoms with Crippen LogP contribution in [0.15, 0.2) is 23.0 Å². The van der Waals surface area contributed by atoms with Crippen LogP contribution in [0.3, 0.4) is 0 Å². The molecule has 142 valence electrons. The van der Waals surface area contributed by atoms with Gasteiger partial charge in [0.1, 0.15) is 36.3 Å². The predicted octanol–water partition coefficient (Wildman–Crippen LogP) is 3.72. The fourth-order valence-electron chi connectivity index (χ4n) is 3.85. The van der Waals surface area contributed by atoms with Crippen LogP contribution in [-0.4, -0.2) is 25.2 Å². The first kappa shape index (κ1) is 17.4. The topological polar surface area (TPSA) is 77.7 Å². The van der Waals surface area contributed by atoms with Crippen LogP contribution in [0.1, 0.15) is 64.2 Å². The van der Waals surface area contributed by atoms with Crippen molar-refractivity contribution in [1.82, 2.24) is 0 Å². The molecule has 0 saturated carbocycles. The highest BCUT2D eigenvalue weighted by Crippen LogP contribution is 2.44. The molecule has 0 radical (unpaired) electrons. The number of unbranched alkanes of at least 4 members (excludes halogenated alkanes) is 1. The van der Waals surface area contributed by atoms with E-state index in [1.165, 1.54) is 0 Å². The van der Waals surface area contributed by atoms with Gasteiger partial charge in [-0.25, -0.2) is 0 Å². The summed E-state index contributed by atoms with van der Waals surface area (Å²) in [5.74, 6) is 4.41. The van der Waals surface area contributed by atoms with E-state index in [4.69, 9.17) is 18.9 Å². The van der Waals surface area contributed by atoms with Gasteiger partial charge in [-0.05, 0) is 38.5 Å². The molecule has 6 nitrogen and oxygen atoms in total. The smallest absolute Gasteiger partial charge is 0.305 e. The van der Waals surface area contributed by atoms with Crippen LogP contribution in [0, 0.1) is 11.8 Å². The number of hydrogen-bond acceptors (Lipinski definition) is 6. The molecule has 2 heterocycles. The van der Waals surface area contributed by atoms with Crippen molar-refractivity contribution < 1.29 is 28.5 Å². The predicted molar refractivity (Wildman–Crippen MR) is 91.3 cm³/mol. The van der Waals surface area contributed by atoms with Gasteiger partial charge in [-0.15, -0.1) is 0 Å². The number of carbonyl (C=O) groups excluding carboxylic acids is 2. The fraction of sp³-hybridized carbons (Fsp3) is 0.700. The molecular weight excluding hydrogens is 336 g/mol. The Morgan fingerprint density at radius 2 is 1.27 bits per heavy atom. The van der Waals surface area contributed by atoms with E-state index < -0.39 is 0 Å². The minimum atomic E-state index is -0.195. The number of rotatable bonds is 9. The van der Waals surface area contributed by atoms with Gasteiger partial charge in [0.05, 0.1) is 11.8 Å². The first-order valence-electron chi connectivity index (χ1n) is 9.83. The van der Waals surface area contributed by atoms with E-state index in [0.29, 0.717) is 38.9 Å². The van der Waals surface area contributed by atoms with Gasteiger partial charge in [-0.3, -0.25) is 9.59 Å². The second-order valence-electron chi connectivity index (χ2n) is 7.53. The summed E-state index contributed by atoms with van der Waals surface area (Å²) in [7, 11) is 0. The summed E-state index contributed by atoms with van der Waals surface area (Å²) < 4.78 is 21.5. The van der Waals surface area contributed by atoms with E-state index in [-0.39, 0.29) is 23.8 Å². The fourth-order valence-corrected chi connectivity index (χ4v) is 3.85. The molecule has 0 N–H and O–H groups in total. The molecule has 0 saturated heterocycles. The third-order valence-electron chi connectivity index (χ3n) is 5.49. The molecule has 0 bridgehead atoms. The molecule has 0 spiro atoms. The van der Waals surface area contributed by atoms with Crippen molar-refractivity contribution in [3.63, 3.8) is 0 Å². The summed E-state index contributed by atoms with van der Waals surface area (Å²) in [6, 6.07) is 0. The van der Waals surface area contributed by atoms with E-state index in [2.05, 4.69) is 0 Å². The summed E-state index contributed by atoms with van der Waals surface area (Å²) in [5.41, 5.74) is 0. The SMILES string of the molecule is O=C(CCCCC(=O)OCC1CCCC2=C1O2)OCC1CCCC2=C1O2. The molecule has 0 amide bonds. The Labute approximate surface area is 153 Å². The van der Waals surface area contributed by atoms with Crippen LogP contribution >= 0.6 is 0 Å². The maximum atomic E-state index is 11.8. The van der Waals surface area contributed by atoms with Crippen LogP contribution in [-0.2, 0) is 28.5 Å². The normalized spacial score (nSPS) is 25.5. The Bertz CT molecular complexity index is 591. The lowest BCUT2D eigenvalue weighted by Gasteiger charge is -2.13. The quantitative estimate of drug-likeness (QED) is 0.459. The highest BCUT2D eigenvalue weighted by molar-refractivity contribution is 5.70. The molecule has 0 aromatic carbocycles. The summed E-state index contributed by atoms with van der Waals surface area (Å²) >= 11 is 0. The number of esters is 2. The van der Waals surface area contributed by atoms with Crippen molar-refractivity contribution in [2.75, 3.05) is 13.2 Å². The molecule has 4 rings (SSSR count). The van der Waals surface area contributed by atoms with E-state index in [9.17, 15) is 9.59 Å². The molecule has 0 aromatic rings. The van der Waals surface area contributed by atoms with Crippen molar-refractivity contribution >= 4 is 11.9 Å². The van der Waals surface area contributed by atoms with Crippen molar-refractivity contribution in [2.24, 2.45) is 11.8 Å². The summed E-state index contributed by atoms with van der Waals surface area (Å²) in [6.45, 7) is 0.835. The molecule has 2 unspecified atom stereocenters. The Balaban J connectivity index is 1.03. The molecule has 2 aliphatic heterocycles. The number of hydrogen-bond donors (Lipinski definition) is 0. The Kier molecular flexibility index (Phi) is 5.18. The van der Waals surface area contributed by atoms with Gasteiger partial charge < -0.3 is 18.9 Å². The average Bonchev–Trinajstić information content (AvgIpc) is 3.54. The first-order chi connectivity index (χ1) is 12.7. The lowest BCUT2D eigenvalue weighted by atomic mass is 9.97. The number of allylic oxidation sites excluding steroid dienone is 2. The largest absolute Gasteiger partial charge is 0.465 e. The molecule has 4 aliphatic rings. The van der Waals surface area contributed by atoms with Crippen LogP contribution < -0.4 is 0 Å². The average molecular weight is 362 g/mol. The summed E-state index contributed by atoms with van der Waals surface area (Å²) in [5, 5.41) is 0. The van der Waals surface area contributed by atoms with Gasteiger partial charge in [0.2, 0.25) is 0 Å². The van der Waals surface area contributed by atoms with Gasteiger partial charge in [0.25, 0.3) is 0 Å². The lowest BCUT2D eigenvalue weighted by Crippen LogP contribution is -2.15. The lowest BCUT2D eigenvalue weighted by molar-refractivity contribution is -0.147. The van der Waals surface area contributed by atoms with E-state index in [0.717, 1.165) is 61.6 Å². The zero-order chi connectivity index (χ0) is 17.9. The minimum absolute atomic E-state index is 0.195. The zero-order valence-corrected chi connectivity index (χ0v) is 15.1. The third-order valence-corrected chi connectivity index (χ3v) is 5.49. The molecule has 2 aliphatic carbocycles. The Morgan fingerprint density at radius 3 is 1.73 bits per heavy atom. The van der Waals surface area contributed by atoms with E-state index in [1.807, 2.05) is 0 Å². The van der Waals surface area contributed by atoms with Crippen LogP contribution in [0.5, 0.6) is 0 Å². The van der Waals surface area contributed by atoms with Crippen molar-refractivity contribution in [3.05, 3.63) is 23.0 Å². The molecule has 0 fully saturated rings. The van der Waals surface area contributed by atoms with Crippen LogP contribution in [0.2, 0.25) is 0 Å². The first-order valence-corrected chi connectivity index (χ1v) is 9.83. The monoisotopic (exact) mass is 362 g/mol. The van der Waals surface area contributed by atoms with Crippen molar-refractivity contribution in [3.8, 4) is 0 Å². The van der Waals surface area contributed by atoms with E-state index in [1.54, 1.807) is 0 Å². The highest BCUT2D eigenvalue weighted by atomic mass is 16.6. The van der Waals surface area contributed by atoms with Gasteiger partial charge >= 0.3 is 11.9 Å². The standard InChI is InChI=1S/C20H26O6/c21-17(23-11-13-5-3-7-15-19(13)25-15)9-1-2-10-18(22)24-12-14-6-4-8-16-20(14)26-16/h13-14H,1-12H2. The van der Waals surface area contributed by atoms with Gasteiger partial charge in [-0.1, -0.05) is 0 Å². The van der Waals surface area contributed by atoms with Crippen LogP contribution in [0.4, 0.5) is 0 Å². The number of ether oxygens (including phenoxy) is 4. The van der Waals surface area contributed by atoms with Gasteiger partial charge in [0, 0.05) is 25.7 Å². The molecule has 0 aromatic heterocycles. The Morgan fingerprint density at radius 1 is 0.808 bits per heavy atom. The van der Waals surface area contributed by atoms with Crippen molar-refractivity contribution in [1.29, 1.82) is 0 Å². The van der Waals surface area contributed by atoms with Gasteiger partial charge in [0.15, 0.2) is 0 Å². The third kappa shape index (κ3) is 4.40. The molecule has 6 heteroatoms. The summed E-state index contributed by atoms with van der Waals surface area (Å²) in [6.07, 6.45) is 8.31. The highest BCUT2D eigenvalue weighted by Gasteiger charge is 2.37. The van der Waals surface area contributed by atoms with Crippen LogP contribution in [0.25, 0.3) is 0 Å². The molecule has 2 atom stereocenters. The maximum Gasteiger partial charge on any atom is 0.305 e. The molecule has 26 heavy (non-hydrogen) atoms. The second-order valence-corrected chi connectivity index (χ2v) is 7.53. The molecular formula is C20H26O6. The number of carbonyl (C=O) groups is 2. The summed E-state index contributed by atoms with van der Waals surface area (Å²) in [4.78, 5) is 23.6. The minimum Gasteiger partial charge on any atom is -0.465 e. The van der Waals surface area contributed by atoms with Crippen molar-refractivity contribution in [2.45, 2.75) is 64.2 Å². The van der Waals surface area contributed by atoms with Gasteiger partial charge in [-0.2, -0.15) is 0 Å². The second kappa shape index (κ2) is 7.72. The zero-order valence-electron chi connectivity index (χ0n) is 15.1. The van der Waals surface area contributed by atoms with E-state index >= 15 is 0 Å².